The second-order valence-corrected chi connectivity index (χ2v) is 6.31. The van der Waals surface area contributed by atoms with Gasteiger partial charge in [0.25, 0.3) is 0 Å². The fraction of sp³-hybridized carbons (Fsp3) is 0.462. The zero-order valence-corrected chi connectivity index (χ0v) is 12.8. The Labute approximate surface area is 120 Å². The number of benzene rings is 1. The van der Waals surface area contributed by atoms with Gasteiger partial charge in [0, 0.05) is 20.1 Å². The summed E-state index contributed by atoms with van der Waals surface area (Å²) in [5.41, 5.74) is 6.93. The van der Waals surface area contributed by atoms with Crippen LogP contribution in [0.25, 0.3) is 0 Å². The molecule has 0 aliphatic carbocycles. The third-order valence-corrected chi connectivity index (χ3v) is 5.12. The Morgan fingerprint density at radius 1 is 1.40 bits per heavy atom. The summed E-state index contributed by atoms with van der Waals surface area (Å²) in [6, 6.07) is 5.09. The average Bonchev–Trinajstić information content (AvgIpc) is 2.44. The summed E-state index contributed by atoms with van der Waals surface area (Å²) in [5.74, 6) is -0.344. The number of sulfonamides is 1. The van der Waals surface area contributed by atoms with E-state index in [1.807, 2.05) is 0 Å². The van der Waals surface area contributed by atoms with E-state index < -0.39 is 10.0 Å². The lowest BCUT2D eigenvalue weighted by Gasteiger charge is -2.21. The van der Waals surface area contributed by atoms with Gasteiger partial charge in [-0.15, -0.1) is 0 Å². The molecular weight excluding hydrogens is 278 g/mol. The van der Waals surface area contributed by atoms with E-state index >= 15 is 0 Å². The van der Waals surface area contributed by atoms with Crippen molar-refractivity contribution in [2.24, 2.45) is 5.73 Å². The smallest absolute Gasteiger partial charge is 0.243 e. The number of nitrogens with one attached hydrogen (secondary N) is 1. The molecule has 3 N–H and O–H groups in total. The third kappa shape index (κ3) is 3.56. The molecule has 1 aromatic rings. The molecule has 112 valence electrons. The largest absolute Gasteiger partial charge is 0.358 e. The van der Waals surface area contributed by atoms with Crippen LogP contribution in [0.4, 0.5) is 0 Å². The van der Waals surface area contributed by atoms with Crippen molar-refractivity contribution in [1.82, 2.24) is 9.62 Å². The zero-order valence-electron chi connectivity index (χ0n) is 12.0. The van der Waals surface area contributed by atoms with Gasteiger partial charge in [0.2, 0.25) is 15.9 Å². The number of nitrogens with zero attached hydrogens (tertiary/aromatic N) is 1. The standard InChI is InChI=1S/C13H21N3O3S/c1-4-16(9-13(17)15-3)20(18,19)12-7-11(8-14)6-5-10(12)2/h5-7H,4,8-9,14H2,1-3H3,(H,15,17). The lowest BCUT2D eigenvalue weighted by Crippen LogP contribution is -2.39. The van der Waals surface area contributed by atoms with Crippen LogP contribution >= 0.6 is 0 Å². The van der Waals surface area contributed by atoms with Gasteiger partial charge in [-0.2, -0.15) is 4.31 Å². The van der Waals surface area contributed by atoms with E-state index in [1.165, 1.54) is 7.05 Å². The van der Waals surface area contributed by atoms with Crippen LogP contribution in [0.2, 0.25) is 0 Å². The van der Waals surface area contributed by atoms with Crippen molar-refractivity contribution in [2.45, 2.75) is 25.3 Å². The zero-order chi connectivity index (χ0) is 15.3. The Morgan fingerprint density at radius 2 is 2.05 bits per heavy atom. The van der Waals surface area contributed by atoms with Gasteiger partial charge in [0.1, 0.15) is 0 Å². The van der Waals surface area contributed by atoms with Crippen molar-refractivity contribution in [1.29, 1.82) is 0 Å². The van der Waals surface area contributed by atoms with Crippen LogP contribution in [-0.2, 0) is 21.4 Å². The molecule has 20 heavy (non-hydrogen) atoms. The SMILES string of the molecule is CCN(CC(=O)NC)S(=O)(=O)c1cc(CN)ccc1C. The molecule has 0 aromatic heterocycles. The van der Waals surface area contributed by atoms with Crippen molar-refractivity contribution in [3.8, 4) is 0 Å². The number of nitrogens with two attached hydrogens (primary N) is 1. The van der Waals surface area contributed by atoms with Gasteiger partial charge in [0.15, 0.2) is 0 Å². The number of hydrogen-bond acceptors (Lipinski definition) is 4. The molecule has 0 radical (unpaired) electrons. The van der Waals surface area contributed by atoms with Crippen molar-refractivity contribution < 1.29 is 13.2 Å². The van der Waals surface area contributed by atoms with Gasteiger partial charge in [-0.1, -0.05) is 19.1 Å². The quantitative estimate of drug-likeness (QED) is 0.785. The summed E-state index contributed by atoms with van der Waals surface area (Å²) < 4.78 is 26.4. The second-order valence-electron chi connectivity index (χ2n) is 4.41. The van der Waals surface area contributed by atoms with E-state index in [-0.39, 0.29) is 30.4 Å². The molecule has 6 nitrogen and oxygen atoms in total. The summed E-state index contributed by atoms with van der Waals surface area (Å²) in [6.07, 6.45) is 0. The Balaban J connectivity index is 3.23. The molecule has 0 fully saturated rings. The second kappa shape index (κ2) is 6.83. The van der Waals surface area contributed by atoms with Crippen molar-refractivity contribution >= 4 is 15.9 Å². The van der Waals surface area contributed by atoms with Gasteiger partial charge in [-0.25, -0.2) is 8.42 Å². The van der Waals surface area contributed by atoms with Crippen molar-refractivity contribution in [3.63, 3.8) is 0 Å². The molecule has 0 bridgehead atoms. The molecule has 1 rings (SSSR count). The Morgan fingerprint density at radius 3 is 2.55 bits per heavy atom. The van der Waals surface area contributed by atoms with Gasteiger partial charge in [0.05, 0.1) is 11.4 Å². The van der Waals surface area contributed by atoms with E-state index in [0.29, 0.717) is 5.56 Å². The lowest BCUT2D eigenvalue weighted by molar-refractivity contribution is -0.120. The Bertz CT molecular complexity index is 585. The van der Waals surface area contributed by atoms with E-state index in [1.54, 1.807) is 32.0 Å². The molecule has 1 aromatic carbocycles. The molecule has 0 aliphatic heterocycles. The summed E-state index contributed by atoms with van der Waals surface area (Å²) in [5, 5.41) is 2.43. The van der Waals surface area contributed by atoms with E-state index in [4.69, 9.17) is 5.73 Å². The number of likely N-dealkylation sites (N-methyl/N-ethyl adjacent to an activating group) is 2. The summed E-state index contributed by atoms with van der Waals surface area (Å²) in [6.45, 7) is 3.72. The molecule has 0 aliphatic rings. The summed E-state index contributed by atoms with van der Waals surface area (Å²) >= 11 is 0. The number of aryl methyl sites for hydroxylation is 1. The normalized spacial score (nSPS) is 11.7. The van der Waals surface area contributed by atoms with Crippen molar-refractivity contribution in [3.05, 3.63) is 29.3 Å². The predicted octanol–water partition coefficient (Wildman–Crippen LogP) is 0.210. The molecule has 0 saturated carbocycles. The highest BCUT2D eigenvalue weighted by molar-refractivity contribution is 7.89. The first kappa shape index (κ1) is 16.6. The first-order chi connectivity index (χ1) is 9.36. The summed E-state index contributed by atoms with van der Waals surface area (Å²) in [7, 11) is -2.23. The highest BCUT2D eigenvalue weighted by Crippen LogP contribution is 2.21. The van der Waals surface area contributed by atoms with E-state index in [2.05, 4.69) is 5.32 Å². The molecule has 0 heterocycles. The number of carbonyl (C=O) groups excluding carboxylic acids is 1. The first-order valence-electron chi connectivity index (χ1n) is 6.37. The van der Waals surface area contributed by atoms with Crippen LogP contribution in [0.3, 0.4) is 0 Å². The minimum absolute atomic E-state index is 0.193. The fourth-order valence-electron chi connectivity index (χ4n) is 1.79. The molecule has 0 atom stereocenters. The topological polar surface area (TPSA) is 92.5 Å². The monoisotopic (exact) mass is 299 g/mol. The Hall–Kier alpha value is -1.44. The lowest BCUT2D eigenvalue weighted by atomic mass is 10.1. The van der Waals surface area contributed by atoms with Crippen LogP contribution in [0, 0.1) is 6.92 Å². The maximum Gasteiger partial charge on any atom is 0.243 e. The third-order valence-electron chi connectivity index (χ3n) is 3.06. The van der Waals surface area contributed by atoms with Gasteiger partial charge < -0.3 is 11.1 Å². The predicted molar refractivity (Wildman–Crippen MR) is 77.6 cm³/mol. The summed E-state index contributed by atoms with van der Waals surface area (Å²) in [4.78, 5) is 11.6. The molecule has 0 unspecified atom stereocenters. The van der Waals surface area contributed by atoms with Gasteiger partial charge in [-0.05, 0) is 24.1 Å². The van der Waals surface area contributed by atoms with Crippen LogP contribution in [-0.4, -0.2) is 38.8 Å². The molecular formula is C13H21N3O3S. The average molecular weight is 299 g/mol. The minimum Gasteiger partial charge on any atom is -0.358 e. The van der Waals surface area contributed by atoms with E-state index in [0.717, 1.165) is 9.87 Å². The molecule has 0 spiro atoms. The molecule has 0 saturated heterocycles. The van der Waals surface area contributed by atoms with Gasteiger partial charge in [-0.3, -0.25) is 4.79 Å². The number of hydrogen-bond donors (Lipinski definition) is 2. The van der Waals surface area contributed by atoms with Crippen LogP contribution in [0.15, 0.2) is 23.1 Å². The molecule has 7 heteroatoms. The highest BCUT2D eigenvalue weighted by Gasteiger charge is 2.26. The first-order valence-corrected chi connectivity index (χ1v) is 7.81. The Kier molecular flexibility index (Phi) is 5.67. The van der Waals surface area contributed by atoms with E-state index in [9.17, 15) is 13.2 Å². The fourth-order valence-corrected chi connectivity index (χ4v) is 3.47. The van der Waals surface area contributed by atoms with Crippen molar-refractivity contribution in [2.75, 3.05) is 20.1 Å². The van der Waals surface area contributed by atoms with Crippen LogP contribution < -0.4 is 11.1 Å². The maximum atomic E-state index is 12.6. The number of rotatable bonds is 6. The van der Waals surface area contributed by atoms with Crippen LogP contribution in [0.5, 0.6) is 0 Å². The molecule has 1 amide bonds. The number of carbonyl (C=O) groups is 1. The van der Waals surface area contributed by atoms with Gasteiger partial charge >= 0.3 is 0 Å². The highest BCUT2D eigenvalue weighted by atomic mass is 32.2. The minimum atomic E-state index is -3.70. The number of amides is 1. The van der Waals surface area contributed by atoms with Crippen LogP contribution in [0.1, 0.15) is 18.1 Å². The maximum absolute atomic E-state index is 12.6.